The van der Waals surface area contributed by atoms with Gasteiger partial charge in [0.2, 0.25) is 5.78 Å². The number of ether oxygens (including phenoxy) is 1. The molecule has 0 bridgehead atoms. The predicted molar refractivity (Wildman–Crippen MR) is 136 cm³/mol. The van der Waals surface area contributed by atoms with Crippen LogP contribution in [0.1, 0.15) is 10.4 Å². The van der Waals surface area contributed by atoms with Crippen molar-refractivity contribution in [3.63, 3.8) is 0 Å². The molecule has 210 valence electrons. The highest BCUT2D eigenvalue weighted by Gasteiger charge is 2.38. The summed E-state index contributed by atoms with van der Waals surface area (Å²) in [5.41, 5.74) is -2.20. The van der Waals surface area contributed by atoms with Gasteiger partial charge in [-0.1, -0.05) is 40.6 Å². The van der Waals surface area contributed by atoms with Crippen LogP contribution in [0.2, 0.25) is 0 Å². The molecule has 0 aliphatic carbocycles. The lowest BCUT2D eigenvalue weighted by atomic mass is 9.79. The second-order valence-electron chi connectivity index (χ2n) is 8.38. The molecule has 40 heavy (non-hydrogen) atoms. The molecule has 0 aliphatic rings. The third kappa shape index (κ3) is 7.35. The van der Waals surface area contributed by atoms with Gasteiger partial charge in [-0.2, -0.15) is 0 Å². The summed E-state index contributed by atoms with van der Waals surface area (Å²) in [5.74, 6) is -12.3. The van der Waals surface area contributed by atoms with Gasteiger partial charge in [0.25, 0.3) is 0 Å². The van der Waals surface area contributed by atoms with Crippen molar-refractivity contribution < 1.29 is 48.6 Å². The first kappa shape index (κ1) is 30.5. The van der Waals surface area contributed by atoms with Crippen LogP contribution >= 0.6 is 0 Å². The number of para-hydroxylation sites is 1. The fourth-order valence-corrected chi connectivity index (χ4v) is 4.93. The molecule has 1 atom stereocenters. The molecular weight excluding hydrogens is 567 g/mol. The van der Waals surface area contributed by atoms with Gasteiger partial charge in [0, 0.05) is 5.56 Å². The number of hydrogen-bond donors (Lipinski definition) is 0. The molecule has 0 amide bonds. The molecule has 0 radical (unpaired) electrons. The molecule has 4 rings (SSSR count). The fraction of sp³-hybridized carbons (Fsp3) is 0.0741. The van der Waals surface area contributed by atoms with E-state index in [1.165, 1.54) is 0 Å². The monoisotopic (exact) mass is 586 g/mol. The molecule has 3 nitrogen and oxygen atoms in total. The molecule has 0 aliphatic heterocycles. The fourth-order valence-electron chi connectivity index (χ4n) is 3.37. The number of ketones is 1. The van der Waals surface area contributed by atoms with Crippen LogP contribution in [-0.4, -0.2) is 24.8 Å². The van der Waals surface area contributed by atoms with E-state index >= 15 is 0 Å². The minimum absolute atomic E-state index is 0.00407. The Morgan fingerprint density at radius 2 is 1.10 bits per heavy atom. The summed E-state index contributed by atoms with van der Waals surface area (Å²) in [6, 6.07) is 25.5. The molecule has 4 aromatic carbocycles. The lowest BCUT2D eigenvalue weighted by Crippen LogP contribution is -2.41. The molecule has 13 heteroatoms. The van der Waals surface area contributed by atoms with Crippen LogP contribution in [0.15, 0.2) is 89.8 Å². The second-order valence-corrected chi connectivity index (χ2v) is 11.2. The van der Waals surface area contributed by atoms with Crippen molar-refractivity contribution in [3.05, 3.63) is 120 Å². The van der Waals surface area contributed by atoms with Crippen LogP contribution < -0.4 is 10.2 Å². The summed E-state index contributed by atoms with van der Waals surface area (Å²) in [4.78, 5) is 13.2. The van der Waals surface area contributed by atoms with E-state index in [0.717, 1.165) is 5.75 Å². The zero-order chi connectivity index (χ0) is 29.7. The van der Waals surface area contributed by atoms with Crippen LogP contribution in [0.25, 0.3) is 0 Å². The average Bonchev–Trinajstić information content (AvgIpc) is 2.92. The quantitative estimate of drug-likeness (QED) is 0.0571. The topological polar surface area (TPSA) is 43.4 Å². The van der Waals surface area contributed by atoms with Gasteiger partial charge in [-0.3, -0.25) is 4.79 Å². The maximum absolute atomic E-state index is 12.8. The Morgan fingerprint density at radius 3 is 1.57 bits per heavy atom. The Hall–Kier alpha value is -4.00. The molecule has 1 unspecified atom stereocenters. The highest BCUT2D eigenvalue weighted by molar-refractivity contribution is 8.03. The molecule has 0 spiro atoms. The van der Waals surface area contributed by atoms with Crippen molar-refractivity contribution in [1.82, 2.24) is 0 Å². The predicted octanol–water partition coefficient (Wildman–Crippen LogP) is 7.29. The Balaban J connectivity index is 0.000000252. The number of rotatable bonds is 7. The van der Waals surface area contributed by atoms with Gasteiger partial charge in [-0.25, -0.2) is 22.0 Å². The van der Waals surface area contributed by atoms with E-state index in [1.54, 1.807) is 42.7 Å². The van der Waals surface area contributed by atoms with Gasteiger partial charge in [0.1, 0.15) is 39.3 Å². The molecule has 4 aromatic rings. The first-order chi connectivity index (χ1) is 18.7. The molecule has 0 fully saturated rings. The number of hydrogen-bond acceptors (Lipinski definition) is 3. The lowest BCUT2D eigenvalue weighted by Gasteiger charge is -2.17. The summed E-state index contributed by atoms with van der Waals surface area (Å²) >= 11 is 0. The summed E-state index contributed by atoms with van der Waals surface area (Å²) in [6.07, 6.45) is 1.63. The molecule has 0 saturated heterocycles. The van der Waals surface area contributed by atoms with E-state index in [0.29, 0.717) is 16.2 Å². The van der Waals surface area contributed by atoms with Crippen LogP contribution in [0.3, 0.4) is 0 Å². The van der Waals surface area contributed by atoms with Crippen molar-refractivity contribution >= 4 is 28.2 Å². The van der Waals surface area contributed by atoms with Gasteiger partial charge in [0.05, 0.1) is 0 Å². The van der Waals surface area contributed by atoms with E-state index in [1.807, 2.05) is 48.5 Å². The summed E-state index contributed by atoms with van der Waals surface area (Å²) in [6.45, 7) is -6.30. The number of halogens is 8. The number of Topliss-reactive ketones (excluding diaryl/α,β-unsaturated/α-hetero) is 1. The molecule has 0 heterocycles. The average molecular weight is 586 g/mol. The molecule has 0 N–H and O–H groups in total. The van der Waals surface area contributed by atoms with Crippen molar-refractivity contribution in [1.29, 1.82) is 0 Å². The minimum Gasteiger partial charge on any atom is -0.457 e. The normalized spacial score (nSPS) is 12.6. The third-order valence-corrected chi connectivity index (χ3v) is 7.46. The summed E-state index contributed by atoms with van der Waals surface area (Å²) in [5, 5.41) is 0. The van der Waals surface area contributed by atoms with Gasteiger partial charge in [-0.15, -0.1) is 0 Å². The van der Waals surface area contributed by atoms with E-state index in [-0.39, 0.29) is 11.5 Å². The van der Waals surface area contributed by atoms with Crippen molar-refractivity contribution in [3.8, 4) is 11.5 Å². The first-order valence-corrected chi connectivity index (χ1v) is 13.5. The number of carbonyl (C=O) groups excluding carboxylic acids is 1. The third-order valence-electron chi connectivity index (χ3n) is 5.37. The maximum Gasteiger partial charge on any atom is 0.515 e. The van der Waals surface area contributed by atoms with E-state index in [2.05, 4.69) is 0 Å². The van der Waals surface area contributed by atoms with Crippen LogP contribution in [0.5, 0.6) is 11.5 Å². The van der Waals surface area contributed by atoms with E-state index in [9.17, 15) is 43.9 Å². The zero-order valence-corrected chi connectivity index (χ0v) is 21.3. The van der Waals surface area contributed by atoms with Gasteiger partial charge in [0.15, 0.2) is 28.1 Å². The largest absolute Gasteiger partial charge is 0.515 e. The summed E-state index contributed by atoms with van der Waals surface area (Å²) < 4.78 is 116. The minimum atomic E-state index is -6.30. The van der Waals surface area contributed by atoms with Crippen molar-refractivity contribution in [2.45, 2.75) is 4.90 Å². The van der Waals surface area contributed by atoms with Crippen LogP contribution in [-0.2, 0) is 14.1 Å². The smallest absolute Gasteiger partial charge is 0.457 e. The number of carbonyl (C=O) groups is 1. The van der Waals surface area contributed by atoms with Gasteiger partial charge < -0.3 is 17.7 Å². The lowest BCUT2D eigenvalue weighted by molar-refractivity contribution is 0.102. The number of benzene rings is 4. The van der Waals surface area contributed by atoms with E-state index < -0.39 is 51.5 Å². The second kappa shape index (κ2) is 12.5. The zero-order valence-electron chi connectivity index (χ0n) is 20.5. The highest BCUT2D eigenvalue weighted by atomic mass is 32.2. The Kier molecular flexibility index (Phi) is 9.51. The Labute approximate surface area is 224 Å². The molecule has 0 saturated carbocycles. The first-order valence-electron chi connectivity index (χ1n) is 11.3. The Morgan fingerprint density at radius 1 is 0.675 bits per heavy atom. The van der Waals surface area contributed by atoms with Crippen LogP contribution in [0, 0.1) is 29.1 Å². The van der Waals surface area contributed by atoms with Gasteiger partial charge >= 0.3 is 6.98 Å². The highest BCUT2D eigenvalue weighted by Crippen LogP contribution is 2.24. The Bertz CT molecular complexity index is 1500. The van der Waals surface area contributed by atoms with Crippen molar-refractivity contribution in [2.75, 3.05) is 12.0 Å². The molecule has 0 aromatic heterocycles. The SMILES string of the molecule is C[S+](=O)(CC(=O)c1ccc(Oc2ccccc2)cc1)c1ccccc1.Fc1c(F)c(F)c([B-](F)(F)F)c(F)c1F. The standard InChI is InChI=1S/C21H19O3S.C6BF8/c1-25(23,20-10-6-3-7-11-20)16-21(22)17-12-14-19(15-13-17)24-18-8-4-2-5-9-18;8-2-1(7(13,14)15)3(9)5(11)6(12)4(2)10/h2-15H,16H2,1H3;/q+1;-1. The van der Waals surface area contributed by atoms with Crippen molar-refractivity contribution in [2.24, 2.45) is 0 Å². The summed E-state index contributed by atoms with van der Waals surface area (Å²) in [7, 11) is -2.40. The molecular formula is C27H19BF8O3S. The van der Waals surface area contributed by atoms with E-state index in [4.69, 9.17) is 4.74 Å². The maximum atomic E-state index is 12.8. The van der Waals surface area contributed by atoms with Gasteiger partial charge in [-0.05, 0) is 54.0 Å². The van der Waals surface area contributed by atoms with Crippen LogP contribution in [0.4, 0.5) is 34.9 Å².